The van der Waals surface area contributed by atoms with Gasteiger partial charge >= 0.3 is 0 Å². The maximum absolute atomic E-state index is 13.2. The normalized spacial score (nSPS) is 15.7. The van der Waals surface area contributed by atoms with Crippen molar-refractivity contribution in [1.82, 2.24) is 14.9 Å². The number of carbonyl (C=O) groups excluding carboxylic acids is 1. The number of fused-ring (bicyclic) bond motifs is 1. The first kappa shape index (κ1) is 19.9. The van der Waals surface area contributed by atoms with Gasteiger partial charge in [0, 0.05) is 12.1 Å². The Hall–Kier alpha value is -2.44. The van der Waals surface area contributed by atoms with Gasteiger partial charge in [0.15, 0.2) is 0 Å². The number of benzene rings is 2. The molecule has 2 aromatic carbocycles. The number of aromatic nitrogens is 2. The highest BCUT2D eigenvalue weighted by Crippen LogP contribution is 2.24. The summed E-state index contributed by atoms with van der Waals surface area (Å²) in [5.41, 5.74) is 2.61. The Kier molecular flexibility index (Phi) is 6.11. The monoisotopic (exact) mass is 414 g/mol. The van der Waals surface area contributed by atoms with E-state index in [0.717, 1.165) is 55.8 Å². The second-order valence-electron chi connectivity index (χ2n) is 7.64. The van der Waals surface area contributed by atoms with Crippen molar-refractivity contribution in [3.05, 3.63) is 59.1 Å². The number of nitrogens with zero attached hydrogens (tertiary/aromatic N) is 2. The van der Waals surface area contributed by atoms with Crippen molar-refractivity contribution in [2.45, 2.75) is 32.2 Å². The Morgan fingerprint density at radius 2 is 2.03 bits per heavy atom. The summed E-state index contributed by atoms with van der Waals surface area (Å²) >= 11 is 5.75. The van der Waals surface area contributed by atoms with Crippen molar-refractivity contribution in [3.63, 3.8) is 0 Å². The SMILES string of the molecule is O=C(CCC1CCN(Cc2nc3ccccc3[nH]2)CC1)Nc1ccc(F)c(Cl)c1. The van der Waals surface area contributed by atoms with Crippen LogP contribution in [0.15, 0.2) is 42.5 Å². The lowest BCUT2D eigenvalue weighted by Crippen LogP contribution is -2.33. The molecular formula is C22H24ClFN4O. The minimum atomic E-state index is -0.487. The van der Waals surface area contributed by atoms with Crippen molar-refractivity contribution < 1.29 is 9.18 Å². The largest absolute Gasteiger partial charge is 0.341 e. The summed E-state index contributed by atoms with van der Waals surface area (Å²) in [7, 11) is 0. The first-order valence-corrected chi connectivity index (χ1v) is 10.4. The molecule has 152 valence electrons. The standard InChI is InChI=1S/C22H24ClFN4O/c23-17-13-16(6-7-18(17)24)25-22(29)8-5-15-9-11-28(12-10-15)14-21-26-19-3-1-2-4-20(19)27-21/h1-4,6-7,13,15H,5,8-12,14H2,(H,25,29)(H,26,27). The highest BCUT2D eigenvalue weighted by Gasteiger charge is 2.21. The van der Waals surface area contributed by atoms with Gasteiger partial charge in [-0.2, -0.15) is 0 Å². The number of hydrogen-bond acceptors (Lipinski definition) is 3. The van der Waals surface area contributed by atoms with E-state index in [9.17, 15) is 9.18 Å². The average molecular weight is 415 g/mol. The topological polar surface area (TPSA) is 61.0 Å². The van der Waals surface area contributed by atoms with Crippen LogP contribution in [0, 0.1) is 11.7 Å². The Morgan fingerprint density at radius 1 is 1.24 bits per heavy atom. The lowest BCUT2D eigenvalue weighted by molar-refractivity contribution is -0.116. The Morgan fingerprint density at radius 3 is 2.79 bits per heavy atom. The number of para-hydroxylation sites is 2. The van der Waals surface area contributed by atoms with Gasteiger partial charge < -0.3 is 10.3 Å². The molecule has 0 bridgehead atoms. The van der Waals surface area contributed by atoms with E-state index in [1.165, 1.54) is 18.2 Å². The van der Waals surface area contributed by atoms with Crippen molar-refractivity contribution in [3.8, 4) is 0 Å². The summed E-state index contributed by atoms with van der Waals surface area (Å²) in [6.45, 7) is 2.85. The number of rotatable bonds is 6. The molecule has 29 heavy (non-hydrogen) atoms. The van der Waals surface area contributed by atoms with E-state index < -0.39 is 5.82 Å². The second kappa shape index (κ2) is 8.93. The lowest BCUT2D eigenvalue weighted by atomic mass is 9.92. The fourth-order valence-electron chi connectivity index (χ4n) is 3.86. The second-order valence-corrected chi connectivity index (χ2v) is 8.04. The molecule has 0 saturated carbocycles. The number of halogens is 2. The molecule has 1 saturated heterocycles. The van der Waals surface area contributed by atoms with Crippen LogP contribution in [-0.2, 0) is 11.3 Å². The summed E-state index contributed by atoms with van der Waals surface area (Å²) in [4.78, 5) is 22.6. The average Bonchev–Trinajstić information content (AvgIpc) is 3.12. The highest BCUT2D eigenvalue weighted by atomic mass is 35.5. The van der Waals surface area contributed by atoms with Crippen LogP contribution < -0.4 is 5.32 Å². The molecule has 0 unspecified atom stereocenters. The summed E-state index contributed by atoms with van der Waals surface area (Å²) in [6.07, 6.45) is 3.48. The molecule has 1 aliphatic rings. The Bertz CT molecular complexity index is 964. The zero-order chi connectivity index (χ0) is 20.2. The van der Waals surface area contributed by atoms with E-state index in [-0.39, 0.29) is 10.9 Å². The van der Waals surface area contributed by atoms with Gasteiger partial charge in [0.05, 0.1) is 22.6 Å². The van der Waals surface area contributed by atoms with Gasteiger partial charge in [0.2, 0.25) is 5.91 Å². The molecule has 5 nitrogen and oxygen atoms in total. The summed E-state index contributed by atoms with van der Waals surface area (Å²) in [6, 6.07) is 12.3. The lowest BCUT2D eigenvalue weighted by Gasteiger charge is -2.31. The van der Waals surface area contributed by atoms with Gasteiger partial charge in [-0.1, -0.05) is 23.7 Å². The molecule has 2 N–H and O–H groups in total. The number of piperidine rings is 1. The number of imidazole rings is 1. The van der Waals surface area contributed by atoms with Crippen molar-refractivity contribution in [2.24, 2.45) is 5.92 Å². The molecule has 1 fully saturated rings. The number of aromatic amines is 1. The van der Waals surface area contributed by atoms with E-state index in [2.05, 4.69) is 20.2 Å². The zero-order valence-corrected chi connectivity index (χ0v) is 16.9. The molecule has 0 aliphatic carbocycles. The van der Waals surface area contributed by atoms with Crippen LogP contribution in [0.5, 0.6) is 0 Å². The minimum absolute atomic E-state index is 0.0135. The van der Waals surface area contributed by atoms with E-state index in [0.29, 0.717) is 18.0 Å². The van der Waals surface area contributed by atoms with E-state index >= 15 is 0 Å². The molecule has 0 radical (unpaired) electrons. The smallest absolute Gasteiger partial charge is 0.224 e. The first-order valence-electron chi connectivity index (χ1n) is 9.98. The Balaban J connectivity index is 1.20. The number of amides is 1. The van der Waals surface area contributed by atoms with Gasteiger partial charge in [-0.3, -0.25) is 9.69 Å². The van der Waals surface area contributed by atoms with Crippen LogP contribution in [0.3, 0.4) is 0 Å². The van der Waals surface area contributed by atoms with Crippen molar-refractivity contribution in [1.29, 1.82) is 0 Å². The van der Waals surface area contributed by atoms with E-state index in [1.807, 2.05) is 24.3 Å². The van der Waals surface area contributed by atoms with E-state index in [4.69, 9.17) is 11.6 Å². The molecular weight excluding hydrogens is 391 g/mol. The number of H-pyrrole nitrogens is 1. The number of nitrogens with one attached hydrogen (secondary N) is 2. The zero-order valence-electron chi connectivity index (χ0n) is 16.1. The summed E-state index contributed by atoms with van der Waals surface area (Å²) in [5.74, 6) is 1.00. The van der Waals surface area contributed by atoms with Crippen molar-refractivity contribution in [2.75, 3.05) is 18.4 Å². The van der Waals surface area contributed by atoms with Crippen LogP contribution in [-0.4, -0.2) is 33.9 Å². The van der Waals surface area contributed by atoms with Crippen LogP contribution >= 0.6 is 11.6 Å². The number of anilines is 1. The predicted octanol–water partition coefficient (Wildman–Crippen LogP) is 4.99. The van der Waals surface area contributed by atoms with Crippen LogP contribution in [0.1, 0.15) is 31.5 Å². The van der Waals surface area contributed by atoms with Crippen LogP contribution in [0.4, 0.5) is 10.1 Å². The maximum Gasteiger partial charge on any atom is 0.224 e. The van der Waals surface area contributed by atoms with Crippen LogP contribution in [0.2, 0.25) is 5.02 Å². The third-order valence-electron chi connectivity index (χ3n) is 5.50. The molecule has 0 atom stereocenters. The highest BCUT2D eigenvalue weighted by molar-refractivity contribution is 6.31. The maximum atomic E-state index is 13.2. The molecule has 1 aromatic heterocycles. The van der Waals surface area contributed by atoms with Gasteiger partial charge in [-0.05, 0) is 68.6 Å². The molecule has 7 heteroatoms. The molecule has 4 rings (SSSR count). The third kappa shape index (κ3) is 5.14. The quantitative estimate of drug-likeness (QED) is 0.597. The summed E-state index contributed by atoms with van der Waals surface area (Å²) < 4.78 is 13.2. The van der Waals surface area contributed by atoms with Gasteiger partial charge in [0.1, 0.15) is 11.6 Å². The number of hydrogen-bond donors (Lipinski definition) is 2. The molecule has 3 aromatic rings. The molecule has 1 amide bonds. The molecule has 2 heterocycles. The van der Waals surface area contributed by atoms with Crippen molar-refractivity contribution >= 4 is 34.2 Å². The molecule has 0 spiro atoms. The number of carbonyl (C=O) groups is 1. The van der Waals surface area contributed by atoms with Gasteiger partial charge in [0.25, 0.3) is 0 Å². The molecule has 1 aliphatic heterocycles. The number of likely N-dealkylation sites (tertiary alicyclic amines) is 1. The first-order chi connectivity index (χ1) is 14.1. The van der Waals surface area contributed by atoms with Gasteiger partial charge in [-0.25, -0.2) is 9.37 Å². The minimum Gasteiger partial charge on any atom is -0.341 e. The Labute approximate surface area is 174 Å². The van der Waals surface area contributed by atoms with E-state index in [1.54, 1.807) is 0 Å². The van der Waals surface area contributed by atoms with Crippen LogP contribution in [0.25, 0.3) is 11.0 Å². The predicted molar refractivity (Wildman–Crippen MR) is 113 cm³/mol. The summed E-state index contributed by atoms with van der Waals surface area (Å²) in [5, 5.41) is 2.80. The van der Waals surface area contributed by atoms with Gasteiger partial charge in [-0.15, -0.1) is 0 Å². The fraction of sp³-hybridized carbons (Fsp3) is 0.364. The fourth-order valence-corrected chi connectivity index (χ4v) is 4.04. The third-order valence-corrected chi connectivity index (χ3v) is 5.79.